The fourth-order valence-electron chi connectivity index (χ4n) is 2.50. The van der Waals surface area contributed by atoms with E-state index >= 15 is 0 Å². The lowest BCUT2D eigenvalue weighted by Gasteiger charge is -2.33. The number of morpholine rings is 1. The molecule has 2 aromatic heterocycles. The van der Waals surface area contributed by atoms with E-state index in [2.05, 4.69) is 15.3 Å². The topological polar surface area (TPSA) is 69.2 Å². The van der Waals surface area contributed by atoms with E-state index in [1.165, 1.54) is 11.7 Å². The molecule has 2 aromatic rings. The zero-order chi connectivity index (χ0) is 16.6. The van der Waals surface area contributed by atoms with Gasteiger partial charge in [0.05, 0.1) is 18.9 Å². The van der Waals surface area contributed by atoms with Crippen molar-refractivity contribution in [3.8, 4) is 0 Å². The van der Waals surface area contributed by atoms with Gasteiger partial charge in [-0.15, -0.1) is 10.2 Å². The number of hydrogen-bond donors (Lipinski definition) is 0. The van der Waals surface area contributed by atoms with Crippen LogP contribution in [0.25, 0.3) is 0 Å². The van der Waals surface area contributed by atoms with Crippen LogP contribution in [0.5, 0.6) is 0 Å². The third-order valence-corrected chi connectivity index (χ3v) is 3.70. The van der Waals surface area contributed by atoms with Gasteiger partial charge in [-0.05, 0) is 6.07 Å². The molecule has 0 aromatic carbocycles. The highest BCUT2D eigenvalue weighted by Crippen LogP contribution is 2.30. The zero-order valence-corrected chi connectivity index (χ0v) is 12.7. The first-order valence-electron chi connectivity index (χ1n) is 7.06. The third kappa shape index (κ3) is 3.37. The van der Waals surface area contributed by atoms with Crippen LogP contribution in [0.15, 0.2) is 10.5 Å². The Bertz CT molecular complexity index is 681. The zero-order valence-electron chi connectivity index (χ0n) is 12.7. The van der Waals surface area contributed by atoms with Gasteiger partial charge in [-0.2, -0.15) is 18.3 Å². The van der Waals surface area contributed by atoms with E-state index in [0.717, 1.165) is 6.07 Å². The summed E-state index contributed by atoms with van der Waals surface area (Å²) in [7, 11) is 1.50. The fraction of sp³-hybridized carbons (Fsp3) is 0.615. The summed E-state index contributed by atoms with van der Waals surface area (Å²) in [5.41, 5.74) is -0.436. The van der Waals surface area contributed by atoms with Crippen LogP contribution in [0.1, 0.15) is 29.2 Å². The molecular weight excluding hydrogens is 315 g/mol. The largest absolute Gasteiger partial charge is 0.435 e. The van der Waals surface area contributed by atoms with Crippen molar-refractivity contribution < 1.29 is 22.3 Å². The predicted octanol–water partition coefficient (Wildman–Crippen LogP) is 1.70. The van der Waals surface area contributed by atoms with Crippen LogP contribution in [0, 0.1) is 6.92 Å². The lowest BCUT2D eigenvalue weighted by molar-refractivity contribution is -0.141. The number of aromatic nitrogens is 4. The van der Waals surface area contributed by atoms with Crippen molar-refractivity contribution in [1.29, 1.82) is 0 Å². The molecule has 1 unspecified atom stereocenters. The minimum Gasteiger partial charge on any atom is -0.424 e. The average molecular weight is 331 g/mol. The Morgan fingerprint density at radius 1 is 1.35 bits per heavy atom. The van der Waals surface area contributed by atoms with Crippen LogP contribution in [0.2, 0.25) is 0 Å². The molecule has 3 rings (SSSR count). The Morgan fingerprint density at radius 2 is 2.13 bits per heavy atom. The summed E-state index contributed by atoms with van der Waals surface area (Å²) in [4.78, 5) is 1.95. The van der Waals surface area contributed by atoms with Gasteiger partial charge >= 0.3 is 6.18 Å². The molecule has 0 radical (unpaired) electrons. The summed E-state index contributed by atoms with van der Waals surface area (Å²) in [6, 6.07) is 0.778. The summed E-state index contributed by atoms with van der Waals surface area (Å²) in [5, 5.41) is 11.3. The molecule has 0 bridgehead atoms. The minimum atomic E-state index is -4.45. The molecule has 0 spiro atoms. The Kier molecular flexibility index (Phi) is 4.11. The van der Waals surface area contributed by atoms with Crippen LogP contribution in [0.3, 0.4) is 0 Å². The smallest absolute Gasteiger partial charge is 0.424 e. The molecule has 126 valence electrons. The maximum atomic E-state index is 12.8. The predicted molar refractivity (Wildman–Crippen MR) is 71.2 cm³/mol. The van der Waals surface area contributed by atoms with Crippen LogP contribution in [-0.2, 0) is 24.5 Å². The fourth-order valence-corrected chi connectivity index (χ4v) is 2.50. The molecule has 10 heteroatoms. The number of halogens is 3. The summed E-state index contributed by atoms with van der Waals surface area (Å²) in [6.45, 7) is 3.37. The first kappa shape index (κ1) is 15.9. The molecule has 0 aliphatic carbocycles. The monoisotopic (exact) mass is 331 g/mol. The molecule has 1 aliphatic rings. The van der Waals surface area contributed by atoms with E-state index in [1.54, 1.807) is 6.92 Å². The number of hydrogen-bond acceptors (Lipinski definition) is 6. The molecule has 23 heavy (non-hydrogen) atoms. The van der Waals surface area contributed by atoms with Gasteiger partial charge in [0, 0.05) is 27.1 Å². The Hall–Kier alpha value is -1.94. The summed E-state index contributed by atoms with van der Waals surface area (Å²) >= 11 is 0. The van der Waals surface area contributed by atoms with Crippen molar-refractivity contribution in [3.63, 3.8) is 0 Å². The van der Waals surface area contributed by atoms with Crippen LogP contribution < -0.4 is 0 Å². The number of nitrogens with zero attached hydrogens (tertiary/aromatic N) is 5. The van der Waals surface area contributed by atoms with Crippen LogP contribution >= 0.6 is 0 Å². The SMILES string of the molecule is Cc1nnc(C2COCCN2Cc2cc(C(F)(F)F)nn2C)o1. The van der Waals surface area contributed by atoms with Crippen LogP contribution in [0.4, 0.5) is 13.2 Å². The molecule has 3 heterocycles. The molecular formula is C13H16F3N5O2. The van der Waals surface area contributed by atoms with Crippen molar-refractivity contribution >= 4 is 0 Å². The van der Waals surface area contributed by atoms with E-state index in [1.807, 2.05) is 4.90 Å². The second kappa shape index (κ2) is 5.93. The molecule has 1 saturated heterocycles. The van der Waals surface area contributed by atoms with E-state index in [4.69, 9.17) is 9.15 Å². The highest BCUT2D eigenvalue weighted by Gasteiger charge is 2.35. The van der Waals surface area contributed by atoms with Crippen molar-refractivity contribution in [2.24, 2.45) is 7.05 Å². The number of rotatable bonds is 3. The average Bonchev–Trinajstić information content (AvgIpc) is 3.06. The molecule has 1 fully saturated rings. The quantitative estimate of drug-likeness (QED) is 0.853. The standard InChI is InChI=1S/C13H16F3N5O2/c1-8-17-18-12(23-8)10-7-22-4-3-21(10)6-9-5-11(13(14,15)16)19-20(9)2/h5,10H,3-4,6-7H2,1-2H3. The maximum absolute atomic E-state index is 12.8. The van der Waals surface area contributed by atoms with Crippen molar-refractivity contribution in [2.45, 2.75) is 25.7 Å². The molecule has 0 amide bonds. The minimum absolute atomic E-state index is 0.283. The van der Waals surface area contributed by atoms with E-state index in [-0.39, 0.29) is 12.6 Å². The van der Waals surface area contributed by atoms with Crippen molar-refractivity contribution in [3.05, 3.63) is 29.2 Å². The highest BCUT2D eigenvalue weighted by atomic mass is 19.4. The molecule has 1 atom stereocenters. The number of ether oxygens (including phenoxy) is 1. The summed E-state index contributed by atoms with van der Waals surface area (Å²) in [5.74, 6) is 0.839. The van der Waals surface area contributed by atoms with E-state index in [9.17, 15) is 13.2 Å². The second-order valence-electron chi connectivity index (χ2n) is 5.36. The molecule has 7 nitrogen and oxygen atoms in total. The van der Waals surface area contributed by atoms with Gasteiger partial charge < -0.3 is 9.15 Å². The Balaban J connectivity index is 1.81. The number of alkyl halides is 3. The first-order chi connectivity index (χ1) is 10.8. The van der Waals surface area contributed by atoms with Gasteiger partial charge in [0.25, 0.3) is 0 Å². The second-order valence-corrected chi connectivity index (χ2v) is 5.36. The molecule has 0 N–H and O–H groups in total. The van der Waals surface area contributed by atoms with E-state index < -0.39 is 11.9 Å². The maximum Gasteiger partial charge on any atom is 0.435 e. The lowest BCUT2D eigenvalue weighted by Crippen LogP contribution is -2.39. The Labute approximate surface area is 130 Å². The summed E-state index contributed by atoms with van der Waals surface area (Å²) in [6.07, 6.45) is -4.45. The van der Waals surface area contributed by atoms with Gasteiger partial charge in [0.1, 0.15) is 6.04 Å². The first-order valence-corrected chi connectivity index (χ1v) is 7.06. The molecule has 1 aliphatic heterocycles. The highest BCUT2D eigenvalue weighted by molar-refractivity contribution is 5.13. The van der Waals surface area contributed by atoms with Gasteiger partial charge in [-0.3, -0.25) is 9.58 Å². The normalized spacial score (nSPS) is 20.1. The third-order valence-electron chi connectivity index (χ3n) is 3.70. The van der Waals surface area contributed by atoms with Gasteiger partial charge in [0.2, 0.25) is 11.8 Å². The van der Waals surface area contributed by atoms with E-state index in [0.29, 0.717) is 37.2 Å². The van der Waals surface area contributed by atoms with Gasteiger partial charge in [-0.1, -0.05) is 0 Å². The van der Waals surface area contributed by atoms with Crippen molar-refractivity contribution in [2.75, 3.05) is 19.8 Å². The molecule has 0 saturated carbocycles. The lowest BCUT2D eigenvalue weighted by atomic mass is 10.2. The van der Waals surface area contributed by atoms with Crippen molar-refractivity contribution in [1.82, 2.24) is 24.9 Å². The van der Waals surface area contributed by atoms with Gasteiger partial charge in [-0.25, -0.2) is 0 Å². The van der Waals surface area contributed by atoms with Crippen LogP contribution in [-0.4, -0.2) is 44.6 Å². The summed E-state index contributed by atoms with van der Waals surface area (Å²) < 4.78 is 50.4. The Morgan fingerprint density at radius 3 is 2.74 bits per heavy atom. The number of aryl methyl sites for hydroxylation is 2. The van der Waals surface area contributed by atoms with Gasteiger partial charge in [0.15, 0.2) is 5.69 Å².